The summed E-state index contributed by atoms with van der Waals surface area (Å²) >= 11 is 0. The SMILES string of the molecule is CC1(C)c2ccccc2-c2ccc3c(-c4cc(-c5ccc6ccccc6c5)nc(-c5ccc6ccccc6c5)n4)cccc3c21.CC1(C)c2ccccc2-c2ccc3cc(-c4nc(-c5cccc6ccccc56)cc(-c5cccc6ccccc56)n4)ccc3c21.CC1(C)c2ccccc2-c2ccc3ccc(-c4nc(-c5ccccc5)cc(-c5ccc6ccccc6c5)n4)cc3c21. The molecule has 0 N–H and O–H groups in total. The lowest BCUT2D eigenvalue weighted by atomic mass is 9.79. The van der Waals surface area contributed by atoms with E-state index in [-0.39, 0.29) is 16.2 Å². The second-order valence-electron chi connectivity index (χ2n) is 36.7. The fraction of sp³-hybridized carbons (Fsp3) is 0.0720. The van der Waals surface area contributed by atoms with E-state index in [1.54, 1.807) is 0 Å². The maximum absolute atomic E-state index is 5.28. The van der Waals surface area contributed by atoms with Gasteiger partial charge in [-0.1, -0.05) is 418 Å². The Hall–Kier alpha value is -16.3. The van der Waals surface area contributed by atoms with Crippen LogP contribution in [0.25, 0.3) is 221 Å². The standard InChI is InChI=1S/2C43H30N2.C39H28N2/c1-43(2)38-20-8-7-17-34(38)37-24-21-29-25-30(22-23-33(29)41(37)43)42-44-39(35-18-9-13-27-11-3-5-15-31(27)35)26-40(45-42)36-19-10-14-28-12-4-6-16-32(28)36;1-43(2)38-17-8-7-14-34(38)37-23-22-33-35(15-9-16-36(33)41(37)43)40-26-39(31-20-18-27-10-3-5-12-29(27)24-31)44-42(45-40)32-21-19-28-11-4-6-13-30(28)25-32;1-39(2)34-15-9-8-14-31(34)32-21-20-26-17-19-30(23-33(26)37(32)39)38-40-35(27-11-4-3-5-12-27)24-36(41-38)29-18-16-25-10-6-7-13-28(25)22-29/h2*3-26H,1-2H3;3-24H,1-2H3. The minimum absolute atomic E-state index is 0.0702. The predicted molar refractivity (Wildman–Crippen MR) is 548 cm³/mol. The smallest absolute Gasteiger partial charge is 0.160 e. The number of hydrogen-bond acceptors (Lipinski definition) is 6. The van der Waals surface area contributed by atoms with Crippen molar-refractivity contribution in [3.63, 3.8) is 0 Å². The Morgan fingerprint density at radius 2 is 0.427 bits per heavy atom. The molecule has 131 heavy (non-hydrogen) atoms. The van der Waals surface area contributed by atoms with Crippen LogP contribution >= 0.6 is 0 Å². The molecule has 0 atom stereocenters. The Bertz CT molecular complexity index is 8450. The van der Waals surface area contributed by atoms with E-state index in [0.29, 0.717) is 0 Å². The largest absolute Gasteiger partial charge is 0.228 e. The summed E-state index contributed by atoms with van der Waals surface area (Å²) in [7, 11) is 0. The molecule has 0 fully saturated rings. The second kappa shape index (κ2) is 31.0. The molecule has 3 aromatic heterocycles. The topological polar surface area (TPSA) is 77.3 Å². The molecular weight excluding hydrogens is 1590 g/mol. The minimum Gasteiger partial charge on any atom is -0.228 e. The van der Waals surface area contributed by atoms with Crippen LogP contribution in [0.2, 0.25) is 0 Å². The van der Waals surface area contributed by atoms with Crippen molar-refractivity contribution in [2.75, 3.05) is 0 Å². The zero-order chi connectivity index (χ0) is 87.8. The highest BCUT2D eigenvalue weighted by atomic mass is 14.9. The van der Waals surface area contributed by atoms with E-state index in [1.807, 2.05) is 6.07 Å². The molecule has 3 aliphatic rings. The second-order valence-corrected chi connectivity index (χ2v) is 36.7. The number of nitrogens with zero attached hydrogens (tertiary/aromatic N) is 6. The summed E-state index contributed by atoms with van der Waals surface area (Å²) in [5, 5.41) is 19.5. The molecule has 3 aliphatic carbocycles. The van der Waals surface area contributed by atoms with Gasteiger partial charge in [0.1, 0.15) is 0 Å². The van der Waals surface area contributed by atoms with Gasteiger partial charge in [-0.05, 0) is 201 Å². The monoisotopic (exact) mass is 1670 g/mol. The molecule has 0 radical (unpaired) electrons. The van der Waals surface area contributed by atoms with Crippen molar-refractivity contribution in [2.24, 2.45) is 0 Å². The van der Waals surface area contributed by atoms with E-state index in [4.69, 9.17) is 29.9 Å². The Kier molecular flexibility index (Phi) is 18.5. The lowest BCUT2D eigenvalue weighted by Crippen LogP contribution is -2.15. The zero-order valence-electron chi connectivity index (χ0n) is 73.6. The third kappa shape index (κ3) is 13.4. The Balaban J connectivity index is 0.000000109. The molecule has 0 unspecified atom stereocenters. The normalized spacial score (nSPS) is 13.3. The van der Waals surface area contributed by atoms with Gasteiger partial charge in [-0.25, -0.2) is 29.9 Å². The van der Waals surface area contributed by atoms with Gasteiger partial charge in [-0.15, -0.1) is 0 Å². The van der Waals surface area contributed by atoms with E-state index in [0.717, 1.165) is 102 Å². The van der Waals surface area contributed by atoms with Crippen LogP contribution in [-0.2, 0) is 16.2 Å². The van der Waals surface area contributed by atoms with Crippen molar-refractivity contribution in [1.29, 1.82) is 0 Å². The third-order valence-electron chi connectivity index (χ3n) is 27.9. The average molecular weight is 1670 g/mol. The lowest BCUT2D eigenvalue weighted by Gasteiger charge is -2.23. The molecule has 0 aliphatic heterocycles. The van der Waals surface area contributed by atoms with Crippen molar-refractivity contribution in [1.82, 2.24) is 29.9 Å². The summed E-state index contributed by atoms with van der Waals surface area (Å²) in [6, 6.07) is 152. The van der Waals surface area contributed by atoms with Crippen molar-refractivity contribution in [3.8, 4) is 135 Å². The molecule has 0 saturated heterocycles. The molecule has 0 amide bonds. The molecular formula is C125H88N6. The number of benzene rings is 20. The molecule has 618 valence electrons. The molecule has 3 heterocycles. The zero-order valence-corrected chi connectivity index (χ0v) is 73.6. The predicted octanol–water partition coefficient (Wildman–Crippen LogP) is 32.6. The molecule has 6 heteroatoms. The van der Waals surface area contributed by atoms with E-state index >= 15 is 0 Å². The van der Waals surface area contributed by atoms with E-state index in [9.17, 15) is 0 Å². The van der Waals surface area contributed by atoms with Gasteiger partial charge in [-0.2, -0.15) is 0 Å². The van der Waals surface area contributed by atoms with Crippen LogP contribution in [0.15, 0.2) is 425 Å². The first kappa shape index (κ1) is 78.2. The number of rotatable bonds is 9. The van der Waals surface area contributed by atoms with Crippen LogP contribution in [-0.4, -0.2) is 29.9 Å². The molecule has 0 saturated carbocycles. The summed E-state index contributed by atoms with van der Waals surface area (Å²) in [6.45, 7) is 14.1. The summed E-state index contributed by atoms with van der Waals surface area (Å²) in [4.78, 5) is 31.3. The lowest BCUT2D eigenvalue weighted by molar-refractivity contribution is 0.666. The van der Waals surface area contributed by atoms with Gasteiger partial charge in [0, 0.05) is 66.3 Å². The Morgan fingerprint density at radius 1 is 0.145 bits per heavy atom. The Labute approximate surface area is 761 Å². The van der Waals surface area contributed by atoms with Gasteiger partial charge in [0.2, 0.25) is 0 Å². The van der Waals surface area contributed by atoms with Crippen LogP contribution in [0.3, 0.4) is 0 Å². The van der Waals surface area contributed by atoms with Gasteiger partial charge in [0.05, 0.1) is 34.2 Å². The number of hydrogen-bond donors (Lipinski definition) is 0. The fourth-order valence-corrected chi connectivity index (χ4v) is 21.5. The number of fused-ring (bicyclic) bond motifs is 20. The summed E-state index contributed by atoms with van der Waals surface area (Å²) in [5.74, 6) is 2.20. The highest BCUT2D eigenvalue weighted by Gasteiger charge is 2.40. The highest BCUT2D eigenvalue weighted by molar-refractivity contribution is 6.07. The van der Waals surface area contributed by atoms with Crippen molar-refractivity contribution < 1.29 is 0 Å². The van der Waals surface area contributed by atoms with Crippen LogP contribution in [0.5, 0.6) is 0 Å². The Morgan fingerprint density at radius 3 is 0.924 bits per heavy atom. The average Bonchev–Trinajstić information content (AvgIpc) is 1.55. The minimum atomic E-state index is -0.0950. The molecule has 20 aromatic carbocycles. The molecule has 0 spiro atoms. The van der Waals surface area contributed by atoms with Gasteiger partial charge in [0.15, 0.2) is 17.5 Å². The molecule has 26 rings (SSSR count). The molecule has 0 bridgehead atoms. The third-order valence-corrected chi connectivity index (χ3v) is 27.9. The van der Waals surface area contributed by atoms with Crippen LogP contribution in [0, 0.1) is 0 Å². The van der Waals surface area contributed by atoms with Crippen molar-refractivity contribution in [2.45, 2.75) is 57.8 Å². The van der Waals surface area contributed by atoms with Crippen LogP contribution < -0.4 is 0 Å². The summed E-state index contributed by atoms with van der Waals surface area (Å²) < 4.78 is 0. The first-order chi connectivity index (χ1) is 64.2. The highest BCUT2D eigenvalue weighted by Crippen LogP contribution is 2.56. The van der Waals surface area contributed by atoms with E-state index in [1.165, 1.54) is 153 Å². The van der Waals surface area contributed by atoms with Gasteiger partial charge < -0.3 is 0 Å². The summed E-state index contributed by atoms with van der Waals surface area (Å²) in [6.07, 6.45) is 0. The van der Waals surface area contributed by atoms with Crippen molar-refractivity contribution in [3.05, 3.63) is 458 Å². The van der Waals surface area contributed by atoms with Crippen LogP contribution in [0.1, 0.15) is 74.9 Å². The van der Waals surface area contributed by atoms with Crippen LogP contribution in [0.4, 0.5) is 0 Å². The fourth-order valence-electron chi connectivity index (χ4n) is 21.5. The maximum Gasteiger partial charge on any atom is 0.160 e. The number of aromatic nitrogens is 6. The first-order valence-electron chi connectivity index (χ1n) is 45.3. The van der Waals surface area contributed by atoms with Gasteiger partial charge in [0.25, 0.3) is 0 Å². The molecule has 6 nitrogen and oxygen atoms in total. The van der Waals surface area contributed by atoms with Crippen molar-refractivity contribution >= 4 is 86.2 Å². The van der Waals surface area contributed by atoms with E-state index < -0.39 is 0 Å². The van der Waals surface area contributed by atoms with Gasteiger partial charge in [-0.3, -0.25) is 0 Å². The maximum atomic E-state index is 5.28. The summed E-state index contributed by atoms with van der Waals surface area (Å²) in [5.41, 5.74) is 31.2. The quantitative estimate of drug-likeness (QED) is 0.143. The molecule has 23 aromatic rings. The first-order valence-corrected chi connectivity index (χ1v) is 45.3. The van der Waals surface area contributed by atoms with Gasteiger partial charge >= 0.3 is 0 Å². The van der Waals surface area contributed by atoms with E-state index in [2.05, 4.69) is 460 Å².